The lowest BCUT2D eigenvalue weighted by Gasteiger charge is -2.22. The van der Waals surface area contributed by atoms with Gasteiger partial charge in [0, 0.05) is 11.9 Å². The van der Waals surface area contributed by atoms with Crippen molar-refractivity contribution < 1.29 is 24.2 Å². The molecule has 0 aliphatic heterocycles. The van der Waals surface area contributed by atoms with Gasteiger partial charge in [0.2, 0.25) is 0 Å². The summed E-state index contributed by atoms with van der Waals surface area (Å²) in [5.41, 5.74) is 0.700. The number of carbonyl (C=O) groups is 2. The maximum atomic E-state index is 12.7. The Balaban J connectivity index is 1.77. The molecule has 1 N–H and O–H groups in total. The standard InChI is InChI=1S/C22H21NO5/c1-3-23(18-12-6-9-15-8-4-5-10-16(15)18)20(24)14-28-22(26)17-11-7-13-19(27-2)21(17)25/h4-13,25H,3,14H2,1-2H3. The highest BCUT2D eigenvalue weighted by Crippen LogP contribution is 2.30. The number of phenols is 1. The average molecular weight is 379 g/mol. The van der Waals surface area contributed by atoms with Crippen molar-refractivity contribution in [3.63, 3.8) is 0 Å². The highest BCUT2D eigenvalue weighted by Gasteiger charge is 2.21. The van der Waals surface area contributed by atoms with Crippen LogP contribution in [0.2, 0.25) is 0 Å². The van der Waals surface area contributed by atoms with Gasteiger partial charge in [0.1, 0.15) is 5.56 Å². The van der Waals surface area contributed by atoms with Gasteiger partial charge in [-0.1, -0.05) is 42.5 Å². The van der Waals surface area contributed by atoms with Crippen LogP contribution in [0.4, 0.5) is 5.69 Å². The molecule has 0 unspecified atom stereocenters. The Morgan fingerprint density at radius 2 is 1.71 bits per heavy atom. The summed E-state index contributed by atoms with van der Waals surface area (Å²) in [4.78, 5) is 26.6. The van der Waals surface area contributed by atoms with Gasteiger partial charge in [0.25, 0.3) is 5.91 Å². The van der Waals surface area contributed by atoms with Crippen molar-refractivity contribution >= 4 is 28.3 Å². The Bertz CT molecular complexity index is 1010. The molecule has 0 spiro atoms. The predicted molar refractivity (Wildman–Crippen MR) is 107 cm³/mol. The number of benzene rings is 3. The lowest BCUT2D eigenvalue weighted by Crippen LogP contribution is -2.34. The van der Waals surface area contributed by atoms with Gasteiger partial charge in [-0.05, 0) is 30.5 Å². The number of phenolic OH excluding ortho intramolecular Hbond substituents is 1. The number of likely N-dealkylation sites (N-methyl/N-ethyl adjacent to an activating group) is 1. The fourth-order valence-electron chi connectivity index (χ4n) is 3.06. The van der Waals surface area contributed by atoms with E-state index in [1.54, 1.807) is 11.0 Å². The molecule has 0 saturated carbocycles. The van der Waals surface area contributed by atoms with E-state index in [4.69, 9.17) is 9.47 Å². The van der Waals surface area contributed by atoms with Gasteiger partial charge < -0.3 is 19.5 Å². The summed E-state index contributed by atoms with van der Waals surface area (Å²) in [6, 6.07) is 18.0. The molecular weight excluding hydrogens is 358 g/mol. The maximum absolute atomic E-state index is 12.7. The zero-order valence-corrected chi connectivity index (χ0v) is 15.7. The number of para-hydroxylation sites is 1. The van der Waals surface area contributed by atoms with Gasteiger partial charge in [0.05, 0.1) is 12.8 Å². The molecule has 6 heteroatoms. The fourth-order valence-corrected chi connectivity index (χ4v) is 3.06. The zero-order chi connectivity index (χ0) is 20.1. The lowest BCUT2D eigenvalue weighted by atomic mass is 10.1. The third-order valence-corrected chi connectivity index (χ3v) is 4.44. The van der Waals surface area contributed by atoms with Crippen molar-refractivity contribution in [1.82, 2.24) is 0 Å². The number of esters is 1. The first-order valence-electron chi connectivity index (χ1n) is 8.88. The molecule has 3 aromatic rings. The number of hydrogen-bond acceptors (Lipinski definition) is 5. The van der Waals surface area contributed by atoms with E-state index in [-0.39, 0.29) is 23.0 Å². The van der Waals surface area contributed by atoms with E-state index in [0.29, 0.717) is 6.54 Å². The van der Waals surface area contributed by atoms with E-state index in [2.05, 4.69) is 0 Å². The number of anilines is 1. The minimum atomic E-state index is -0.793. The van der Waals surface area contributed by atoms with Crippen LogP contribution in [-0.4, -0.2) is 37.2 Å². The number of methoxy groups -OCH3 is 1. The Morgan fingerprint density at radius 1 is 1.00 bits per heavy atom. The molecule has 0 bridgehead atoms. The van der Waals surface area contributed by atoms with Crippen LogP contribution in [-0.2, 0) is 9.53 Å². The topological polar surface area (TPSA) is 76.1 Å². The maximum Gasteiger partial charge on any atom is 0.342 e. The summed E-state index contributed by atoms with van der Waals surface area (Å²) in [5, 5.41) is 12.0. The van der Waals surface area contributed by atoms with E-state index in [9.17, 15) is 14.7 Å². The first-order chi connectivity index (χ1) is 13.6. The van der Waals surface area contributed by atoms with Crippen molar-refractivity contribution in [2.24, 2.45) is 0 Å². The molecule has 0 aliphatic rings. The lowest BCUT2D eigenvalue weighted by molar-refractivity contribution is -0.121. The van der Waals surface area contributed by atoms with Crippen LogP contribution in [0.3, 0.4) is 0 Å². The fraction of sp³-hybridized carbons (Fsp3) is 0.182. The van der Waals surface area contributed by atoms with Gasteiger partial charge in [-0.15, -0.1) is 0 Å². The monoisotopic (exact) mass is 379 g/mol. The molecule has 3 aromatic carbocycles. The van der Waals surface area contributed by atoms with Crippen molar-refractivity contribution in [1.29, 1.82) is 0 Å². The Morgan fingerprint density at radius 3 is 2.46 bits per heavy atom. The SMILES string of the molecule is CCN(C(=O)COC(=O)c1cccc(OC)c1O)c1cccc2ccccc12. The molecule has 0 radical (unpaired) electrons. The number of ether oxygens (including phenoxy) is 2. The van der Waals surface area contributed by atoms with Crippen molar-refractivity contribution in [3.05, 3.63) is 66.2 Å². The smallest absolute Gasteiger partial charge is 0.342 e. The third kappa shape index (κ3) is 3.76. The van der Waals surface area contributed by atoms with Crippen LogP contribution in [0.1, 0.15) is 17.3 Å². The second kappa shape index (κ2) is 8.43. The summed E-state index contributed by atoms with van der Waals surface area (Å²) >= 11 is 0. The number of hydrogen-bond donors (Lipinski definition) is 1. The summed E-state index contributed by atoms with van der Waals surface area (Å²) in [7, 11) is 1.39. The molecule has 0 aliphatic carbocycles. The van der Waals surface area contributed by atoms with Gasteiger partial charge in [0.15, 0.2) is 18.1 Å². The van der Waals surface area contributed by atoms with E-state index >= 15 is 0 Å². The van der Waals surface area contributed by atoms with Gasteiger partial charge in [-0.2, -0.15) is 0 Å². The van der Waals surface area contributed by atoms with Crippen LogP contribution in [0.25, 0.3) is 10.8 Å². The van der Waals surface area contributed by atoms with Crippen molar-refractivity contribution in [2.75, 3.05) is 25.2 Å². The average Bonchev–Trinajstić information content (AvgIpc) is 2.73. The van der Waals surface area contributed by atoms with E-state index in [1.165, 1.54) is 19.2 Å². The summed E-state index contributed by atoms with van der Waals surface area (Å²) in [6.07, 6.45) is 0. The minimum Gasteiger partial charge on any atom is -0.504 e. The van der Waals surface area contributed by atoms with Crippen molar-refractivity contribution in [2.45, 2.75) is 6.92 Å². The Hall–Kier alpha value is -3.54. The molecule has 3 rings (SSSR count). The number of nitrogens with zero attached hydrogens (tertiary/aromatic N) is 1. The minimum absolute atomic E-state index is 0.0552. The van der Waals surface area contributed by atoms with Gasteiger partial charge in [-0.3, -0.25) is 4.79 Å². The van der Waals surface area contributed by atoms with E-state index in [1.807, 2.05) is 49.4 Å². The largest absolute Gasteiger partial charge is 0.504 e. The Labute approximate surface area is 162 Å². The highest BCUT2D eigenvalue weighted by atomic mass is 16.5. The summed E-state index contributed by atoms with van der Waals surface area (Å²) in [6.45, 7) is 1.84. The number of carbonyl (C=O) groups excluding carboxylic acids is 2. The molecule has 0 aromatic heterocycles. The van der Waals surface area contributed by atoms with Crippen LogP contribution < -0.4 is 9.64 Å². The number of rotatable bonds is 6. The number of aromatic hydroxyl groups is 1. The van der Waals surface area contributed by atoms with Crippen LogP contribution in [0.15, 0.2) is 60.7 Å². The molecular formula is C22H21NO5. The van der Waals surface area contributed by atoms with Gasteiger partial charge in [-0.25, -0.2) is 4.79 Å². The number of amides is 1. The molecule has 0 heterocycles. The second-order valence-electron chi connectivity index (χ2n) is 6.07. The summed E-state index contributed by atoms with van der Waals surface area (Å²) in [5.74, 6) is -1.30. The van der Waals surface area contributed by atoms with Crippen LogP contribution >= 0.6 is 0 Å². The quantitative estimate of drug-likeness (QED) is 0.660. The first-order valence-corrected chi connectivity index (χ1v) is 8.88. The Kier molecular flexibility index (Phi) is 5.79. The highest BCUT2D eigenvalue weighted by molar-refractivity contribution is 6.05. The second-order valence-corrected chi connectivity index (χ2v) is 6.07. The first kappa shape index (κ1) is 19.2. The van der Waals surface area contributed by atoms with Crippen LogP contribution in [0.5, 0.6) is 11.5 Å². The molecule has 28 heavy (non-hydrogen) atoms. The molecule has 0 saturated heterocycles. The zero-order valence-electron chi connectivity index (χ0n) is 15.7. The number of fused-ring (bicyclic) bond motifs is 1. The third-order valence-electron chi connectivity index (χ3n) is 4.44. The van der Waals surface area contributed by atoms with E-state index < -0.39 is 12.6 Å². The normalized spacial score (nSPS) is 10.5. The van der Waals surface area contributed by atoms with E-state index in [0.717, 1.165) is 16.5 Å². The summed E-state index contributed by atoms with van der Waals surface area (Å²) < 4.78 is 10.1. The molecule has 0 atom stereocenters. The predicted octanol–water partition coefficient (Wildman–Crippen LogP) is 3.76. The van der Waals surface area contributed by atoms with Crippen LogP contribution in [0, 0.1) is 0 Å². The molecule has 0 fully saturated rings. The van der Waals surface area contributed by atoms with Gasteiger partial charge >= 0.3 is 5.97 Å². The molecule has 6 nitrogen and oxygen atoms in total. The molecule has 144 valence electrons. The molecule has 1 amide bonds. The van der Waals surface area contributed by atoms with Crippen molar-refractivity contribution in [3.8, 4) is 11.5 Å².